The molecule has 2 aromatic rings. The van der Waals surface area contributed by atoms with Crippen molar-refractivity contribution in [2.45, 2.75) is 147 Å². The van der Waals surface area contributed by atoms with E-state index < -0.39 is 11.5 Å². The van der Waals surface area contributed by atoms with Crippen LogP contribution >= 0.6 is 0 Å². The van der Waals surface area contributed by atoms with E-state index >= 15 is 0 Å². The molecule has 5 fully saturated rings. The Kier molecular flexibility index (Phi) is 10.8. The molecule has 11 rings (SSSR count). The summed E-state index contributed by atoms with van der Waals surface area (Å²) in [5.41, 5.74) is 13.9. The normalized spacial score (nSPS) is 36.5. The first-order valence-corrected chi connectivity index (χ1v) is 26.2. The maximum absolute atomic E-state index is 14.8. The predicted octanol–water partition coefficient (Wildman–Crippen LogP) is 12.5. The number of ketones is 2. The summed E-state index contributed by atoms with van der Waals surface area (Å²) in [4.78, 5) is 31.7. The highest BCUT2D eigenvalue weighted by Gasteiger charge is 2.78. The number of ether oxygens (including phenoxy) is 2. The van der Waals surface area contributed by atoms with Gasteiger partial charge in [-0.3, -0.25) is 9.59 Å². The third-order valence-electron chi connectivity index (χ3n) is 20.1. The van der Waals surface area contributed by atoms with Crippen LogP contribution in [0.2, 0.25) is 0 Å². The van der Waals surface area contributed by atoms with Gasteiger partial charge in [0.1, 0.15) is 6.10 Å². The number of benzene rings is 2. The molecule has 66 heavy (non-hydrogen) atoms. The van der Waals surface area contributed by atoms with Crippen LogP contribution in [0.4, 0.5) is 11.4 Å². The molecule has 0 spiro atoms. The molecule has 9 aliphatic rings. The summed E-state index contributed by atoms with van der Waals surface area (Å²) >= 11 is 0. The first kappa shape index (κ1) is 44.5. The summed E-state index contributed by atoms with van der Waals surface area (Å²) in [5.74, 6) is 3.41. The van der Waals surface area contributed by atoms with E-state index in [1.807, 2.05) is 12.2 Å². The van der Waals surface area contributed by atoms with Crippen molar-refractivity contribution < 1.29 is 19.1 Å². The number of anilines is 2. The Morgan fingerprint density at radius 2 is 1.44 bits per heavy atom. The van der Waals surface area contributed by atoms with Gasteiger partial charge < -0.3 is 19.3 Å². The number of carbonyl (C=O) groups is 2. The van der Waals surface area contributed by atoms with E-state index in [1.165, 1.54) is 63.2 Å². The zero-order valence-corrected chi connectivity index (χ0v) is 41.4. The SMILES string of the molecule is C=C1C2=C3[C@@H](CCC2=CC(=O)C1OC(CCC)C1CCC2C4CCC5=CC(=O)CCC5=C4CC[C@]12C)[C@@H]1C[C@@H]2C[C@]2(OCC)[C@@]1(C)CC3(c1ccc(N(C)C)cc1)c1ccc(N(C)C)cc1. The van der Waals surface area contributed by atoms with Gasteiger partial charge in [0.05, 0.1) is 11.7 Å². The topological polar surface area (TPSA) is 59.1 Å². The summed E-state index contributed by atoms with van der Waals surface area (Å²) in [6.07, 6.45) is 18.9. The zero-order valence-electron chi connectivity index (χ0n) is 41.4. The molecule has 0 bridgehead atoms. The number of hydrogen-bond acceptors (Lipinski definition) is 6. The van der Waals surface area contributed by atoms with Gasteiger partial charge in [0.2, 0.25) is 0 Å². The lowest BCUT2D eigenvalue weighted by Crippen LogP contribution is -2.56. The van der Waals surface area contributed by atoms with Crippen molar-refractivity contribution in [3.8, 4) is 0 Å². The van der Waals surface area contributed by atoms with E-state index in [1.54, 1.807) is 5.57 Å². The van der Waals surface area contributed by atoms with Gasteiger partial charge in [0.25, 0.3) is 0 Å². The Balaban J connectivity index is 1.02. The number of allylic oxidation sites excluding steroid dienone is 6. The molecule has 6 nitrogen and oxygen atoms in total. The molecular weight excluding hydrogens is 813 g/mol. The monoisotopic (exact) mass is 889 g/mol. The van der Waals surface area contributed by atoms with Crippen LogP contribution in [-0.2, 0) is 24.5 Å². The van der Waals surface area contributed by atoms with Gasteiger partial charge in [-0.15, -0.1) is 0 Å². The van der Waals surface area contributed by atoms with Crippen molar-refractivity contribution in [2.24, 2.45) is 46.3 Å². The van der Waals surface area contributed by atoms with Crippen molar-refractivity contribution in [2.75, 3.05) is 44.6 Å². The van der Waals surface area contributed by atoms with Crippen LogP contribution in [0.15, 0.2) is 106 Å². The second-order valence-electron chi connectivity index (χ2n) is 23.4. The summed E-state index contributed by atoms with van der Waals surface area (Å²) in [7, 11) is 8.50. The van der Waals surface area contributed by atoms with E-state index in [-0.39, 0.29) is 28.3 Å². The molecule has 0 saturated heterocycles. The Morgan fingerprint density at radius 1 is 0.773 bits per heavy atom. The van der Waals surface area contributed by atoms with Crippen LogP contribution in [0.1, 0.15) is 135 Å². The fourth-order valence-corrected chi connectivity index (χ4v) is 17.2. The largest absolute Gasteiger partial charge is 0.378 e. The molecule has 6 heteroatoms. The molecule has 350 valence electrons. The molecule has 0 N–H and O–H groups in total. The van der Waals surface area contributed by atoms with E-state index in [0.29, 0.717) is 47.7 Å². The van der Waals surface area contributed by atoms with Gasteiger partial charge in [-0.1, -0.05) is 63.6 Å². The molecule has 0 aliphatic heterocycles. The highest BCUT2D eigenvalue weighted by atomic mass is 16.5. The lowest BCUT2D eigenvalue weighted by molar-refractivity contribution is -0.133. The first-order chi connectivity index (χ1) is 31.7. The van der Waals surface area contributed by atoms with Crippen molar-refractivity contribution in [1.82, 2.24) is 0 Å². The minimum absolute atomic E-state index is 0.0132. The van der Waals surface area contributed by atoms with E-state index in [2.05, 4.69) is 114 Å². The van der Waals surface area contributed by atoms with Crippen molar-refractivity contribution >= 4 is 22.9 Å². The van der Waals surface area contributed by atoms with E-state index in [0.717, 1.165) is 89.2 Å². The van der Waals surface area contributed by atoms with Crippen LogP contribution in [0.3, 0.4) is 0 Å². The summed E-state index contributed by atoms with van der Waals surface area (Å²) in [6, 6.07) is 18.9. The second kappa shape index (κ2) is 16.0. The number of carbonyl (C=O) groups excluding carboxylic acids is 2. The van der Waals surface area contributed by atoms with Crippen molar-refractivity contribution in [3.63, 3.8) is 0 Å². The van der Waals surface area contributed by atoms with Crippen LogP contribution in [0.25, 0.3) is 0 Å². The molecule has 0 amide bonds. The molecule has 0 heterocycles. The summed E-state index contributed by atoms with van der Waals surface area (Å²) < 4.78 is 14.6. The van der Waals surface area contributed by atoms with Gasteiger partial charge in [0, 0.05) is 63.4 Å². The molecule has 2 aromatic carbocycles. The maximum Gasteiger partial charge on any atom is 0.189 e. The van der Waals surface area contributed by atoms with E-state index in [9.17, 15) is 9.59 Å². The average molecular weight is 889 g/mol. The maximum atomic E-state index is 14.8. The number of nitrogens with zero attached hydrogens (tertiary/aromatic N) is 2. The zero-order chi connectivity index (χ0) is 46.1. The van der Waals surface area contributed by atoms with Gasteiger partial charge in [-0.05, 0) is 212 Å². The lowest BCUT2D eigenvalue weighted by Gasteiger charge is -2.59. The third kappa shape index (κ3) is 6.38. The average Bonchev–Trinajstić information content (AvgIpc) is 3.81. The van der Waals surface area contributed by atoms with Crippen molar-refractivity contribution in [1.29, 1.82) is 0 Å². The summed E-state index contributed by atoms with van der Waals surface area (Å²) in [6.45, 7) is 15.4. The standard InChI is InChI=1S/C60H76N2O4/c1-10-12-53(50-28-27-49-47-24-13-37-31-44(63)23-26-45(37)46(47)29-30-57(49,50)4)66-56-36(3)54-38(32-52(56)64)14-25-48-51-33-41-34-60(41,65-11-2)58(51,5)35-59(55(48)54,39-15-19-42(20-16-39)61(6)7)40-17-21-43(22-18-40)62(8)9/h15-22,31-32,41,47-51,53,56H,3,10-14,23-30,33-35H2,1-2,4-9H3/t41-,47?,48+,49?,50?,51+,53?,56?,57+,58+,60-/m1/s1. The van der Waals surface area contributed by atoms with Gasteiger partial charge in [-0.25, -0.2) is 0 Å². The van der Waals surface area contributed by atoms with E-state index in [4.69, 9.17) is 16.1 Å². The van der Waals surface area contributed by atoms with Crippen LogP contribution in [-0.4, -0.2) is 64.2 Å². The highest BCUT2D eigenvalue weighted by Crippen LogP contribution is 2.79. The molecule has 5 saturated carbocycles. The van der Waals surface area contributed by atoms with Crippen LogP contribution < -0.4 is 9.80 Å². The molecule has 9 aliphatic carbocycles. The summed E-state index contributed by atoms with van der Waals surface area (Å²) in [5, 5.41) is 0. The quantitative estimate of drug-likeness (QED) is 0.224. The first-order valence-electron chi connectivity index (χ1n) is 26.2. The molecule has 0 aromatic heterocycles. The number of hydrogen-bond donors (Lipinski definition) is 0. The molecular formula is C60H76N2O4. The van der Waals surface area contributed by atoms with Crippen LogP contribution in [0.5, 0.6) is 0 Å². The second-order valence-corrected chi connectivity index (χ2v) is 23.4. The third-order valence-corrected chi connectivity index (χ3v) is 20.1. The minimum atomic E-state index is -0.692. The smallest absolute Gasteiger partial charge is 0.189 e. The van der Waals surface area contributed by atoms with Crippen molar-refractivity contribution in [3.05, 3.63) is 117 Å². The molecule has 11 atom stereocenters. The lowest BCUT2D eigenvalue weighted by atomic mass is 9.44. The Bertz CT molecular complexity index is 2420. The molecule has 5 unspecified atom stereocenters. The fourth-order valence-electron chi connectivity index (χ4n) is 17.2. The van der Waals surface area contributed by atoms with Gasteiger partial charge in [0.15, 0.2) is 11.6 Å². The van der Waals surface area contributed by atoms with Crippen LogP contribution in [0, 0.1) is 46.3 Å². The Hall–Kier alpha value is -4.00. The Morgan fingerprint density at radius 3 is 2.09 bits per heavy atom. The number of rotatable bonds is 11. The number of fused-ring (bicyclic) bond motifs is 10. The molecule has 0 radical (unpaired) electrons. The Labute approximate surface area is 396 Å². The minimum Gasteiger partial charge on any atom is -0.378 e. The highest BCUT2D eigenvalue weighted by molar-refractivity contribution is 6.01. The predicted molar refractivity (Wildman–Crippen MR) is 267 cm³/mol. The van der Waals surface area contributed by atoms with Gasteiger partial charge in [-0.2, -0.15) is 0 Å². The fraction of sp³-hybridized carbons (Fsp3) is 0.600. The van der Waals surface area contributed by atoms with Gasteiger partial charge >= 0.3 is 0 Å².